The number of hydrogen-bond donors (Lipinski definition) is 1. The van der Waals surface area contributed by atoms with Gasteiger partial charge in [-0.3, -0.25) is 0 Å². The molecule has 0 aromatic carbocycles. The molecule has 1 aromatic heterocycles. The van der Waals surface area contributed by atoms with Crippen molar-refractivity contribution in [2.75, 3.05) is 12.4 Å². The summed E-state index contributed by atoms with van der Waals surface area (Å²) in [4.78, 5) is 7.52. The molecule has 0 bridgehead atoms. The van der Waals surface area contributed by atoms with Gasteiger partial charge in [-0.15, -0.1) is 0 Å². The molecule has 0 atom stereocenters. The molecule has 2 rings (SSSR count). The molecule has 0 radical (unpaired) electrons. The second-order valence-electron chi connectivity index (χ2n) is 3.23. The SMILES string of the molecule is CNc1nc(Cl)nc2c1C(C(F)(F)F)=CC2. The fourth-order valence-electron chi connectivity index (χ4n) is 1.65. The lowest BCUT2D eigenvalue weighted by Crippen LogP contribution is -2.12. The average molecular weight is 250 g/mol. The number of anilines is 1. The van der Waals surface area contributed by atoms with Crippen molar-refractivity contribution >= 4 is 23.0 Å². The summed E-state index contributed by atoms with van der Waals surface area (Å²) >= 11 is 5.60. The van der Waals surface area contributed by atoms with Crippen LogP contribution in [-0.4, -0.2) is 23.2 Å². The number of alkyl halides is 3. The number of nitrogens with zero attached hydrogens (tertiary/aromatic N) is 2. The Balaban J connectivity index is 2.59. The van der Waals surface area contributed by atoms with Crippen molar-refractivity contribution in [2.45, 2.75) is 12.6 Å². The van der Waals surface area contributed by atoms with Crippen LogP contribution in [0.1, 0.15) is 11.3 Å². The van der Waals surface area contributed by atoms with E-state index in [1.54, 1.807) is 0 Å². The van der Waals surface area contributed by atoms with E-state index in [-0.39, 0.29) is 23.1 Å². The van der Waals surface area contributed by atoms with E-state index in [2.05, 4.69) is 15.3 Å². The summed E-state index contributed by atoms with van der Waals surface area (Å²) in [5.41, 5.74) is -0.403. The van der Waals surface area contributed by atoms with Gasteiger partial charge in [-0.05, 0) is 11.6 Å². The molecule has 1 aliphatic carbocycles. The quantitative estimate of drug-likeness (QED) is 0.778. The first-order valence-corrected chi connectivity index (χ1v) is 4.83. The lowest BCUT2D eigenvalue weighted by atomic mass is 10.1. The van der Waals surface area contributed by atoms with Gasteiger partial charge in [-0.1, -0.05) is 6.08 Å². The van der Waals surface area contributed by atoms with E-state index in [0.717, 1.165) is 6.08 Å². The topological polar surface area (TPSA) is 37.8 Å². The van der Waals surface area contributed by atoms with E-state index in [4.69, 9.17) is 11.6 Å². The summed E-state index contributed by atoms with van der Waals surface area (Å²) in [6.45, 7) is 0. The molecule has 7 heteroatoms. The molecule has 1 N–H and O–H groups in total. The maximum atomic E-state index is 12.7. The zero-order chi connectivity index (χ0) is 11.9. The molecule has 86 valence electrons. The van der Waals surface area contributed by atoms with E-state index in [0.29, 0.717) is 5.69 Å². The Morgan fingerprint density at radius 1 is 1.38 bits per heavy atom. The maximum Gasteiger partial charge on any atom is 0.416 e. The molecule has 0 saturated carbocycles. The Kier molecular flexibility index (Phi) is 2.53. The van der Waals surface area contributed by atoms with Gasteiger partial charge in [0, 0.05) is 13.5 Å². The number of hydrogen-bond acceptors (Lipinski definition) is 3. The molecule has 3 nitrogen and oxygen atoms in total. The summed E-state index contributed by atoms with van der Waals surface area (Å²) < 4.78 is 38.0. The molecule has 0 amide bonds. The molecule has 0 spiro atoms. The minimum absolute atomic E-state index is 0.000556. The van der Waals surface area contributed by atoms with Gasteiger partial charge < -0.3 is 5.32 Å². The van der Waals surface area contributed by atoms with Crippen LogP contribution in [0.25, 0.3) is 5.57 Å². The van der Waals surface area contributed by atoms with E-state index >= 15 is 0 Å². The molecule has 1 heterocycles. The average Bonchev–Trinajstić information content (AvgIpc) is 2.59. The number of fused-ring (bicyclic) bond motifs is 1. The first-order valence-electron chi connectivity index (χ1n) is 4.45. The molecule has 0 unspecified atom stereocenters. The highest BCUT2D eigenvalue weighted by Crippen LogP contribution is 2.42. The Labute approximate surface area is 94.3 Å². The lowest BCUT2D eigenvalue weighted by molar-refractivity contribution is -0.0687. The third-order valence-electron chi connectivity index (χ3n) is 2.27. The summed E-state index contributed by atoms with van der Waals surface area (Å²) in [5, 5.41) is 2.54. The number of halogens is 4. The Morgan fingerprint density at radius 2 is 2.06 bits per heavy atom. The second kappa shape index (κ2) is 3.62. The van der Waals surface area contributed by atoms with Crippen LogP contribution in [-0.2, 0) is 6.42 Å². The highest BCUT2D eigenvalue weighted by atomic mass is 35.5. The van der Waals surface area contributed by atoms with Crippen LogP contribution < -0.4 is 5.32 Å². The summed E-state index contributed by atoms with van der Waals surface area (Å²) in [5.74, 6) is 0.107. The van der Waals surface area contributed by atoms with Crippen molar-refractivity contribution < 1.29 is 13.2 Å². The normalized spacial score (nSPS) is 14.7. The molecule has 0 aliphatic heterocycles. The van der Waals surface area contributed by atoms with Gasteiger partial charge >= 0.3 is 6.18 Å². The lowest BCUT2D eigenvalue weighted by Gasteiger charge is -2.13. The number of nitrogens with one attached hydrogen (secondary N) is 1. The highest BCUT2D eigenvalue weighted by molar-refractivity contribution is 6.28. The maximum absolute atomic E-state index is 12.7. The predicted molar refractivity (Wildman–Crippen MR) is 54.3 cm³/mol. The third kappa shape index (κ3) is 1.73. The molecular formula is C9H7ClF3N3. The van der Waals surface area contributed by atoms with Crippen molar-refractivity contribution in [2.24, 2.45) is 0 Å². The number of aromatic nitrogens is 2. The predicted octanol–water partition coefficient (Wildman–Crippen LogP) is 2.67. The van der Waals surface area contributed by atoms with E-state index in [9.17, 15) is 13.2 Å². The summed E-state index contributed by atoms with van der Waals surface area (Å²) in [7, 11) is 1.49. The smallest absolute Gasteiger partial charge is 0.372 e. The van der Waals surface area contributed by atoms with Crippen LogP contribution in [0.4, 0.5) is 19.0 Å². The van der Waals surface area contributed by atoms with Gasteiger partial charge in [-0.25, -0.2) is 9.97 Å². The van der Waals surface area contributed by atoms with Crippen molar-refractivity contribution in [3.05, 3.63) is 22.6 Å². The van der Waals surface area contributed by atoms with Crippen molar-refractivity contribution in [3.8, 4) is 0 Å². The van der Waals surface area contributed by atoms with Gasteiger partial charge in [-0.2, -0.15) is 13.2 Å². The van der Waals surface area contributed by atoms with Gasteiger partial charge in [0.25, 0.3) is 0 Å². The van der Waals surface area contributed by atoms with Crippen molar-refractivity contribution in [1.29, 1.82) is 0 Å². The largest absolute Gasteiger partial charge is 0.416 e. The minimum atomic E-state index is -4.39. The van der Waals surface area contributed by atoms with Gasteiger partial charge in [0.1, 0.15) is 5.82 Å². The van der Waals surface area contributed by atoms with E-state index in [1.807, 2.05) is 0 Å². The van der Waals surface area contributed by atoms with E-state index in [1.165, 1.54) is 7.05 Å². The van der Waals surface area contributed by atoms with Crippen molar-refractivity contribution in [1.82, 2.24) is 9.97 Å². The van der Waals surface area contributed by atoms with Gasteiger partial charge in [0.15, 0.2) is 0 Å². The van der Waals surface area contributed by atoms with Crippen LogP contribution in [0.2, 0.25) is 5.28 Å². The third-order valence-corrected chi connectivity index (χ3v) is 2.44. The Hall–Kier alpha value is -1.30. The molecule has 1 aliphatic rings. The number of rotatable bonds is 1. The monoisotopic (exact) mass is 249 g/mol. The molecular weight excluding hydrogens is 243 g/mol. The molecule has 1 aromatic rings. The molecule has 0 fully saturated rings. The van der Waals surface area contributed by atoms with Crippen molar-refractivity contribution in [3.63, 3.8) is 0 Å². The highest BCUT2D eigenvalue weighted by Gasteiger charge is 2.40. The van der Waals surface area contributed by atoms with Gasteiger partial charge in [0.2, 0.25) is 5.28 Å². The van der Waals surface area contributed by atoms with Crippen LogP contribution in [0.15, 0.2) is 6.08 Å². The first kappa shape index (κ1) is 11.2. The molecule has 16 heavy (non-hydrogen) atoms. The van der Waals surface area contributed by atoms with Crippen LogP contribution in [0, 0.1) is 0 Å². The van der Waals surface area contributed by atoms with Crippen LogP contribution >= 0.6 is 11.6 Å². The Bertz CT molecular complexity index is 468. The zero-order valence-electron chi connectivity index (χ0n) is 8.19. The summed E-state index contributed by atoms with van der Waals surface area (Å²) in [6, 6.07) is 0. The minimum Gasteiger partial charge on any atom is -0.372 e. The fourth-order valence-corrected chi connectivity index (χ4v) is 1.83. The second-order valence-corrected chi connectivity index (χ2v) is 3.57. The van der Waals surface area contributed by atoms with E-state index < -0.39 is 11.7 Å². The van der Waals surface area contributed by atoms with Crippen LogP contribution in [0.5, 0.6) is 0 Å². The molecule has 0 saturated heterocycles. The standard InChI is InChI=1S/C9H7ClF3N3/c1-14-7-6-4(9(11,12)13)2-3-5(6)15-8(10)16-7/h2H,3H2,1H3,(H,14,15,16). The Morgan fingerprint density at radius 3 is 2.62 bits per heavy atom. The zero-order valence-corrected chi connectivity index (χ0v) is 8.95. The number of allylic oxidation sites excluding steroid dienone is 2. The van der Waals surface area contributed by atoms with Crippen LogP contribution in [0.3, 0.4) is 0 Å². The van der Waals surface area contributed by atoms with Gasteiger partial charge in [0.05, 0.1) is 16.8 Å². The summed E-state index contributed by atoms with van der Waals surface area (Å²) in [6.07, 6.45) is -3.17. The first-order chi connectivity index (χ1) is 7.43. The fraction of sp³-hybridized carbons (Fsp3) is 0.333.